The first-order chi connectivity index (χ1) is 14.2. The van der Waals surface area contributed by atoms with Crippen LogP contribution in [0.2, 0.25) is 0 Å². The van der Waals surface area contributed by atoms with Gasteiger partial charge in [-0.15, -0.1) is 0 Å². The molecule has 0 bridgehead atoms. The van der Waals surface area contributed by atoms with Crippen molar-refractivity contribution in [2.24, 2.45) is 0 Å². The summed E-state index contributed by atoms with van der Waals surface area (Å²) in [5.41, 5.74) is 3.45. The lowest BCUT2D eigenvalue weighted by Gasteiger charge is -2.15. The maximum atomic E-state index is 9.87. The molecule has 0 N–H and O–H groups in total. The molecule has 6 nitrogen and oxygen atoms in total. The second-order valence-corrected chi connectivity index (χ2v) is 6.36. The van der Waals surface area contributed by atoms with Crippen LogP contribution in [0.25, 0.3) is 22.4 Å². The summed E-state index contributed by atoms with van der Waals surface area (Å²) in [5.74, 6) is 1.53. The maximum Gasteiger partial charge on any atom is 0.232 e. The molecule has 148 valence electrons. The topological polar surface area (TPSA) is 77.3 Å². The molecule has 0 aliphatic heterocycles. The molecule has 0 aliphatic carbocycles. The van der Waals surface area contributed by atoms with Gasteiger partial charge in [-0.25, -0.2) is 4.98 Å². The molecule has 0 radical (unpaired) electrons. The Bertz CT molecular complexity index is 1010. The quantitative estimate of drug-likeness (QED) is 0.511. The molecule has 3 aromatic rings. The number of benzene rings is 1. The molecule has 0 atom stereocenters. The van der Waals surface area contributed by atoms with E-state index in [0.29, 0.717) is 40.8 Å². The van der Waals surface area contributed by atoms with Gasteiger partial charge in [0.05, 0.1) is 26.5 Å². The van der Waals surface area contributed by atoms with Gasteiger partial charge in [0, 0.05) is 23.5 Å². The molecule has 2 heterocycles. The minimum atomic E-state index is 0.326. The molecule has 0 aliphatic rings. The van der Waals surface area contributed by atoms with Crippen LogP contribution < -0.4 is 14.2 Å². The molecule has 0 amide bonds. The van der Waals surface area contributed by atoms with E-state index in [2.05, 4.69) is 23.0 Å². The predicted molar refractivity (Wildman–Crippen MR) is 111 cm³/mol. The summed E-state index contributed by atoms with van der Waals surface area (Å²) < 4.78 is 16.6. The second-order valence-electron chi connectivity index (χ2n) is 6.36. The fourth-order valence-electron chi connectivity index (χ4n) is 2.94. The van der Waals surface area contributed by atoms with Crippen LogP contribution in [-0.4, -0.2) is 30.8 Å². The molecule has 3 rings (SSSR count). The number of nitrogens with zero attached hydrogens (tertiary/aromatic N) is 3. The van der Waals surface area contributed by atoms with Gasteiger partial charge in [-0.05, 0) is 42.3 Å². The van der Waals surface area contributed by atoms with E-state index < -0.39 is 0 Å². The molecule has 0 unspecified atom stereocenters. The van der Waals surface area contributed by atoms with Crippen molar-refractivity contribution in [3.8, 4) is 45.8 Å². The first kappa shape index (κ1) is 20.2. The fourth-order valence-corrected chi connectivity index (χ4v) is 2.94. The summed E-state index contributed by atoms with van der Waals surface area (Å²) in [6.07, 6.45) is 5.33. The monoisotopic (exact) mass is 389 g/mol. The lowest BCUT2D eigenvalue weighted by atomic mass is 9.98. The molecule has 29 heavy (non-hydrogen) atoms. The van der Waals surface area contributed by atoms with E-state index in [-0.39, 0.29) is 0 Å². The van der Waals surface area contributed by atoms with E-state index in [4.69, 9.17) is 14.2 Å². The molecule has 0 saturated carbocycles. The number of hydrogen-bond donors (Lipinski definition) is 0. The van der Waals surface area contributed by atoms with Crippen molar-refractivity contribution in [1.82, 2.24) is 9.97 Å². The molecule has 0 spiro atoms. The zero-order valence-electron chi connectivity index (χ0n) is 16.8. The number of rotatable bonds is 8. The number of ether oxygens (including phenoxy) is 3. The molecule has 0 fully saturated rings. The van der Waals surface area contributed by atoms with Crippen LogP contribution in [0.15, 0.2) is 48.8 Å². The van der Waals surface area contributed by atoms with Crippen molar-refractivity contribution >= 4 is 0 Å². The molecular formula is C23H23N3O3. The highest BCUT2D eigenvalue weighted by atomic mass is 16.5. The van der Waals surface area contributed by atoms with Gasteiger partial charge in [0.15, 0.2) is 11.5 Å². The Balaban J connectivity index is 2.18. The lowest BCUT2D eigenvalue weighted by molar-refractivity contribution is 0.297. The smallest absolute Gasteiger partial charge is 0.232 e. The number of nitriles is 1. The number of unbranched alkanes of at least 4 members (excludes halogenated alkanes) is 1. The number of hydrogen-bond acceptors (Lipinski definition) is 6. The second kappa shape index (κ2) is 9.56. The molecule has 2 aromatic heterocycles. The fraction of sp³-hybridized carbons (Fsp3) is 0.261. The van der Waals surface area contributed by atoms with E-state index in [1.54, 1.807) is 26.6 Å². The molecule has 1 aromatic carbocycles. The number of aromatic nitrogens is 2. The Morgan fingerprint density at radius 2 is 1.86 bits per heavy atom. The largest absolute Gasteiger partial charge is 0.493 e. The number of methoxy groups -OCH3 is 2. The third-order valence-corrected chi connectivity index (χ3v) is 4.49. The molecular weight excluding hydrogens is 366 g/mol. The van der Waals surface area contributed by atoms with Crippen molar-refractivity contribution in [2.75, 3.05) is 20.8 Å². The zero-order valence-corrected chi connectivity index (χ0v) is 16.8. The van der Waals surface area contributed by atoms with Gasteiger partial charge in [-0.1, -0.05) is 19.4 Å². The van der Waals surface area contributed by atoms with Gasteiger partial charge in [-0.3, -0.25) is 4.98 Å². The van der Waals surface area contributed by atoms with E-state index in [1.165, 1.54) is 0 Å². The van der Waals surface area contributed by atoms with Crippen LogP contribution in [-0.2, 0) is 0 Å². The van der Waals surface area contributed by atoms with Crippen LogP contribution in [0, 0.1) is 11.3 Å². The van der Waals surface area contributed by atoms with Crippen LogP contribution in [0.5, 0.6) is 17.4 Å². The Labute approximate surface area is 170 Å². The SMILES string of the molecule is CCCCOc1nc(-c2cccnc2)cc(-c2ccc(OC)c(OC)c2)c1C#N. The maximum absolute atomic E-state index is 9.87. The first-order valence-electron chi connectivity index (χ1n) is 9.42. The highest BCUT2D eigenvalue weighted by Gasteiger charge is 2.18. The third kappa shape index (κ3) is 4.46. The summed E-state index contributed by atoms with van der Waals surface area (Å²) in [6, 6.07) is 13.5. The van der Waals surface area contributed by atoms with Gasteiger partial charge < -0.3 is 14.2 Å². The van der Waals surface area contributed by atoms with Gasteiger partial charge in [0.25, 0.3) is 0 Å². The van der Waals surface area contributed by atoms with Gasteiger partial charge in [0.1, 0.15) is 11.6 Å². The van der Waals surface area contributed by atoms with Crippen molar-refractivity contribution in [1.29, 1.82) is 5.26 Å². The van der Waals surface area contributed by atoms with E-state index in [9.17, 15) is 5.26 Å². The van der Waals surface area contributed by atoms with Crippen LogP contribution >= 0.6 is 0 Å². The minimum Gasteiger partial charge on any atom is -0.493 e. The summed E-state index contributed by atoms with van der Waals surface area (Å²) >= 11 is 0. The van der Waals surface area contributed by atoms with E-state index in [0.717, 1.165) is 24.0 Å². The standard InChI is InChI=1S/C23H23N3O3/c1-4-5-11-29-23-19(14-24)18(13-20(26-23)17-7-6-10-25-15-17)16-8-9-21(27-2)22(12-16)28-3/h6-10,12-13,15H,4-5,11H2,1-3H3. The summed E-state index contributed by atoms with van der Waals surface area (Å²) in [6.45, 7) is 2.59. The number of pyridine rings is 2. The average Bonchev–Trinajstić information content (AvgIpc) is 2.78. The van der Waals surface area contributed by atoms with Gasteiger partial charge >= 0.3 is 0 Å². The highest BCUT2D eigenvalue weighted by Crippen LogP contribution is 2.37. The highest BCUT2D eigenvalue weighted by molar-refractivity contribution is 5.79. The van der Waals surface area contributed by atoms with E-state index in [1.807, 2.05) is 36.4 Å². The van der Waals surface area contributed by atoms with Gasteiger partial charge in [-0.2, -0.15) is 5.26 Å². The summed E-state index contributed by atoms with van der Waals surface area (Å²) in [7, 11) is 3.17. The Morgan fingerprint density at radius 3 is 2.52 bits per heavy atom. The average molecular weight is 389 g/mol. The minimum absolute atomic E-state index is 0.326. The van der Waals surface area contributed by atoms with Crippen molar-refractivity contribution < 1.29 is 14.2 Å². The summed E-state index contributed by atoms with van der Waals surface area (Å²) in [5, 5.41) is 9.87. The zero-order chi connectivity index (χ0) is 20.6. The Kier molecular flexibility index (Phi) is 6.64. The van der Waals surface area contributed by atoms with Crippen molar-refractivity contribution in [2.45, 2.75) is 19.8 Å². The van der Waals surface area contributed by atoms with E-state index >= 15 is 0 Å². The van der Waals surface area contributed by atoms with Crippen LogP contribution in [0.4, 0.5) is 0 Å². The predicted octanol–water partition coefficient (Wildman–Crippen LogP) is 4.88. The Hall–Kier alpha value is -3.59. The lowest BCUT2D eigenvalue weighted by Crippen LogP contribution is -2.03. The van der Waals surface area contributed by atoms with Gasteiger partial charge in [0.2, 0.25) is 5.88 Å². The molecule has 6 heteroatoms. The normalized spacial score (nSPS) is 10.3. The Morgan fingerprint density at radius 1 is 1.03 bits per heavy atom. The van der Waals surface area contributed by atoms with Crippen LogP contribution in [0.3, 0.4) is 0 Å². The van der Waals surface area contributed by atoms with Crippen molar-refractivity contribution in [3.63, 3.8) is 0 Å². The van der Waals surface area contributed by atoms with Crippen molar-refractivity contribution in [3.05, 3.63) is 54.4 Å². The third-order valence-electron chi connectivity index (χ3n) is 4.49. The van der Waals surface area contributed by atoms with Crippen LogP contribution in [0.1, 0.15) is 25.3 Å². The summed E-state index contributed by atoms with van der Waals surface area (Å²) in [4.78, 5) is 8.79. The first-order valence-corrected chi connectivity index (χ1v) is 9.42. The molecule has 0 saturated heterocycles.